The van der Waals surface area contributed by atoms with Crippen molar-refractivity contribution in [1.82, 2.24) is 15.0 Å². The van der Waals surface area contributed by atoms with Gasteiger partial charge in [-0.1, -0.05) is 0 Å². The molecule has 3 N–H and O–H groups in total. The van der Waals surface area contributed by atoms with Crippen molar-refractivity contribution in [2.24, 2.45) is 0 Å². The Kier molecular flexibility index (Phi) is 1.18. The number of nitrogens with zero attached hydrogens (tertiary/aromatic N) is 2. The fraction of sp³-hybridized carbons (Fsp3) is 0.667. The second-order valence-corrected chi connectivity index (χ2v) is 2.73. The van der Waals surface area contributed by atoms with Crippen LogP contribution >= 0.6 is 0 Å². The predicted octanol–water partition coefficient (Wildman–Crippen LogP) is 0.807. The van der Waals surface area contributed by atoms with Gasteiger partial charge >= 0.3 is 5.69 Å². The number of nitrogens with one attached hydrogen (secondary N) is 3. The summed E-state index contributed by atoms with van der Waals surface area (Å²) in [6.45, 7) is -8.40. The van der Waals surface area contributed by atoms with Gasteiger partial charge in [0.05, 0.1) is 0 Å². The van der Waals surface area contributed by atoms with Gasteiger partial charge in [-0.2, -0.15) is 9.97 Å². The van der Waals surface area contributed by atoms with Crippen molar-refractivity contribution in [2.45, 2.75) is 33.0 Å². The van der Waals surface area contributed by atoms with E-state index in [1.807, 2.05) is 10.3 Å². The van der Waals surface area contributed by atoms with Crippen molar-refractivity contribution < 1.29 is 12.3 Å². The average molecular weight is 220 g/mol. The van der Waals surface area contributed by atoms with Crippen molar-refractivity contribution in [1.29, 1.82) is 0 Å². The summed E-state index contributed by atoms with van der Waals surface area (Å²) in [6.07, 6.45) is 0. The molecule has 84 valence electrons. The minimum atomic E-state index is -3.47. The van der Waals surface area contributed by atoms with Gasteiger partial charge in [0.15, 0.2) is 0 Å². The molecule has 0 radical (unpaired) electrons. The zero-order valence-electron chi connectivity index (χ0n) is 17.0. The third kappa shape index (κ3) is 3.97. The van der Waals surface area contributed by atoms with Crippen molar-refractivity contribution in [2.75, 3.05) is 17.2 Å². The summed E-state index contributed by atoms with van der Waals surface area (Å²) >= 11 is 0. The van der Waals surface area contributed by atoms with Crippen LogP contribution in [0.15, 0.2) is 4.79 Å². The molecule has 0 aliphatic heterocycles. The first-order chi connectivity index (χ1) is 10.7. The second kappa shape index (κ2) is 4.29. The minimum Gasteiger partial charge on any atom is -0.354 e. The summed E-state index contributed by atoms with van der Waals surface area (Å²) in [7, 11) is 0. The fourth-order valence-electron chi connectivity index (χ4n) is 0.858. The minimum absolute atomic E-state index is 0.209. The van der Waals surface area contributed by atoms with Crippen LogP contribution < -0.4 is 16.3 Å². The van der Waals surface area contributed by atoms with E-state index in [4.69, 9.17) is 12.3 Å². The summed E-state index contributed by atoms with van der Waals surface area (Å²) in [5.74, 6) is -0.839. The number of hydrogen-bond donors (Lipinski definition) is 3. The molecule has 0 aromatic carbocycles. The van der Waals surface area contributed by atoms with Crippen molar-refractivity contribution in [3.05, 3.63) is 10.5 Å². The molecule has 1 aromatic heterocycles. The van der Waals surface area contributed by atoms with E-state index in [-0.39, 0.29) is 5.95 Å². The van der Waals surface area contributed by atoms with Crippen LogP contribution in [-0.4, -0.2) is 27.0 Å². The molecule has 0 fully saturated rings. The van der Waals surface area contributed by atoms with Crippen molar-refractivity contribution >= 4 is 11.9 Å². The zero-order valence-corrected chi connectivity index (χ0v) is 8.01. The molecule has 0 spiro atoms. The molecule has 0 saturated carbocycles. The molecule has 6 nitrogen and oxygen atoms in total. The van der Waals surface area contributed by atoms with Crippen LogP contribution in [0.1, 0.15) is 39.8 Å². The van der Waals surface area contributed by atoms with E-state index < -0.39 is 37.7 Å². The van der Waals surface area contributed by atoms with Gasteiger partial charge in [0.1, 0.15) is 0 Å². The first-order valence-electron chi connectivity index (χ1n) is 8.66. The van der Waals surface area contributed by atoms with E-state index >= 15 is 0 Å². The second-order valence-electron chi connectivity index (χ2n) is 2.73. The number of hydrogen-bond acceptors (Lipinski definition) is 5. The van der Waals surface area contributed by atoms with Crippen LogP contribution in [0.4, 0.5) is 11.9 Å². The molecule has 0 atom stereocenters. The number of aromatic nitrogens is 3. The summed E-state index contributed by atoms with van der Waals surface area (Å²) in [5, 5.41) is 4.50. The molecule has 0 bridgehead atoms. The summed E-state index contributed by atoms with van der Waals surface area (Å²) in [6, 6.07) is 0. The molecular formula is C9H17N5O. The van der Waals surface area contributed by atoms with Gasteiger partial charge in [-0.05, 0) is 27.5 Å². The Balaban J connectivity index is 3.57. The highest BCUT2D eigenvalue weighted by molar-refractivity contribution is 5.34. The van der Waals surface area contributed by atoms with Gasteiger partial charge in [-0.3, -0.25) is 4.98 Å². The zero-order chi connectivity index (χ0) is 19.0. The SMILES string of the molecule is [2H]C([2H])([2H])C(Nc1nc(NCC)nc(=O)[nH]1)(C([2H])([2H])[2H])C([2H])([2H])[2H]. The standard InChI is InChI=1S/C9H17N5O/c1-5-10-6-11-7(13-8(15)12-6)14-9(2,3)4/h5H2,1-4H3,(H3,10,11,12,13,14,15)/i2D3,3D3,4D3. The van der Waals surface area contributed by atoms with E-state index in [1.165, 1.54) is 0 Å². The predicted molar refractivity (Wildman–Crippen MR) is 60.2 cm³/mol. The Morgan fingerprint density at radius 3 is 2.80 bits per heavy atom. The first-order valence-corrected chi connectivity index (χ1v) is 4.16. The third-order valence-electron chi connectivity index (χ3n) is 1.29. The van der Waals surface area contributed by atoms with Gasteiger partial charge < -0.3 is 10.6 Å². The lowest BCUT2D eigenvalue weighted by Gasteiger charge is -2.20. The Morgan fingerprint density at radius 2 is 2.20 bits per heavy atom. The highest BCUT2D eigenvalue weighted by atomic mass is 16.1. The molecule has 6 heteroatoms. The molecule has 0 aliphatic rings. The lowest BCUT2D eigenvalue weighted by molar-refractivity contribution is 0.624. The van der Waals surface area contributed by atoms with E-state index in [0.717, 1.165) is 0 Å². The Hall–Kier alpha value is -1.59. The van der Waals surface area contributed by atoms with E-state index in [9.17, 15) is 4.79 Å². The largest absolute Gasteiger partial charge is 0.354 e. The van der Waals surface area contributed by atoms with Crippen LogP contribution in [0.3, 0.4) is 0 Å². The Morgan fingerprint density at radius 1 is 1.47 bits per heavy atom. The van der Waals surface area contributed by atoms with Crippen LogP contribution in [0.5, 0.6) is 0 Å². The quantitative estimate of drug-likeness (QED) is 0.702. The average Bonchev–Trinajstić information content (AvgIpc) is 2.30. The number of aromatic amines is 1. The van der Waals surface area contributed by atoms with Crippen LogP contribution in [-0.2, 0) is 0 Å². The molecule has 0 amide bonds. The molecule has 1 aromatic rings. The van der Waals surface area contributed by atoms with E-state index in [2.05, 4.69) is 15.3 Å². The maximum absolute atomic E-state index is 11.5. The molecular weight excluding hydrogens is 194 g/mol. The third-order valence-corrected chi connectivity index (χ3v) is 1.29. The van der Waals surface area contributed by atoms with Gasteiger partial charge in [0.25, 0.3) is 0 Å². The van der Waals surface area contributed by atoms with Crippen LogP contribution in [0.25, 0.3) is 0 Å². The highest BCUT2D eigenvalue weighted by Gasteiger charge is 2.11. The smallest absolute Gasteiger partial charge is 0.350 e. The molecule has 15 heavy (non-hydrogen) atoms. The molecule has 1 rings (SSSR count). The van der Waals surface area contributed by atoms with Gasteiger partial charge in [-0.15, -0.1) is 0 Å². The molecule has 0 aliphatic carbocycles. The van der Waals surface area contributed by atoms with Crippen LogP contribution in [0, 0.1) is 0 Å². The number of rotatable bonds is 3. The fourth-order valence-corrected chi connectivity index (χ4v) is 0.858. The van der Waals surface area contributed by atoms with E-state index in [0.29, 0.717) is 6.54 Å². The lowest BCUT2D eigenvalue weighted by Crippen LogP contribution is -2.29. The normalized spacial score (nSPS) is 22.6. The van der Waals surface area contributed by atoms with E-state index in [1.54, 1.807) is 6.92 Å². The first kappa shape index (κ1) is 4.11. The van der Waals surface area contributed by atoms with Gasteiger partial charge in [0.2, 0.25) is 11.9 Å². The monoisotopic (exact) mass is 220 g/mol. The Bertz CT molecular complexity index is 596. The lowest BCUT2D eigenvalue weighted by atomic mass is 10.1. The number of anilines is 2. The summed E-state index contributed by atoms with van der Waals surface area (Å²) in [5.41, 5.74) is -4.30. The highest BCUT2D eigenvalue weighted by Crippen LogP contribution is 2.08. The van der Waals surface area contributed by atoms with Gasteiger partial charge in [0, 0.05) is 24.4 Å². The Labute approximate surface area is 101 Å². The maximum Gasteiger partial charge on any atom is 0.350 e. The molecule has 1 heterocycles. The summed E-state index contributed by atoms with van der Waals surface area (Å²) in [4.78, 5) is 20.7. The van der Waals surface area contributed by atoms with Gasteiger partial charge in [-0.25, -0.2) is 4.79 Å². The number of H-pyrrole nitrogens is 1. The van der Waals surface area contributed by atoms with Crippen LogP contribution in [0.2, 0.25) is 0 Å². The molecule has 0 unspecified atom stereocenters. The topological polar surface area (TPSA) is 82.7 Å². The van der Waals surface area contributed by atoms with Crippen molar-refractivity contribution in [3.63, 3.8) is 0 Å². The maximum atomic E-state index is 11.5. The van der Waals surface area contributed by atoms with Crippen molar-refractivity contribution in [3.8, 4) is 0 Å². The molecule has 0 saturated heterocycles. The summed E-state index contributed by atoms with van der Waals surface area (Å²) < 4.78 is 67.4.